The molecule has 0 aromatic heterocycles. The van der Waals surface area contributed by atoms with E-state index in [1.54, 1.807) is 51.6 Å². The first-order chi connectivity index (χ1) is 29.5. The Bertz CT molecular complexity index is 1620. The van der Waals surface area contributed by atoms with E-state index in [0.29, 0.717) is 32.4 Å². The first-order valence-corrected chi connectivity index (χ1v) is 22.5. The molecular formula is C47H80N6O10. The minimum absolute atomic E-state index is 0.0334. The predicted octanol–water partition coefficient (Wildman–Crippen LogP) is 4.43. The van der Waals surface area contributed by atoms with Gasteiger partial charge in [-0.1, -0.05) is 85.2 Å². The van der Waals surface area contributed by atoms with Crippen molar-refractivity contribution < 1.29 is 47.7 Å². The van der Waals surface area contributed by atoms with Gasteiger partial charge in [-0.2, -0.15) is 0 Å². The van der Waals surface area contributed by atoms with Gasteiger partial charge in [0, 0.05) is 47.3 Å². The monoisotopic (exact) mass is 889 g/mol. The van der Waals surface area contributed by atoms with Crippen molar-refractivity contribution in [2.45, 2.75) is 149 Å². The summed E-state index contributed by atoms with van der Waals surface area (Å²) in [5, 5.41) is 8.65. The third kappa shape index (κ3) is 16.3. The van der Waals surface area contributed by atoms with Gasteiger partial charge in [0.25, 0.3) is 0 Å². The molecule has 63 heavy (non-hydrogen) atoms. The fraction of sp³-hybridized carbons (Fsp3) is 0.745. The molecule has 2 rings (SSSR count). The summed E-state index contributed by atoms with van der Waals surface area (Å²) in [6.07, 6.45) is 0.313. The summed E-state index contributed by atoms with van der Waals surface area (Å²) >= 11 is 0. The average molecular weight is 889 g/mol. The zero-order valence-corrected chi connectivity index (χ0v) is 40.8. The van der Waals surface area contributed by atoms with Gasteiger partial charge in [-0.05, 0) is 64.0 Å². The highest BCUT2D eigenvalue weighted by Crippen LogP contribution is 2.30. The molecule has 5 amide bonds. The highest BCUT2D eigenvalue weighted by molar-refractivity contribution is 5.90. The first kappa shape index (κ1) is 54.9. The van der Waals surface area contributed by atoms with Gasteiger partial charge in [0.05, 0.1) is 49.8 Å². The Morgan fingerprint density at radius 3 is 2.03 bits per heavy atom. The number of carbonyl (C=O) groups is 6. The first-order valence-electron chi connectivity index (χ1n) is 22.5. The van der Waals surface area contributed by atoms with Gasteiger partial charge in [-0.25, -0.2) is 9.59 Å². The van der Waals surface area contributed by atoms with Crippen molar-refractivity contribution in [2.75, 3.05) is 55.1 Å². The lowest BCUT2D eigenvalue weighted by atomic mass is 9.89. The minimum Gasteiger partial charge on any atom is -0.467 e. The van der Waals surface area contributed by atoms with E-state index < -0.39 is 71.9 Å². The van der Waals surface area contributed by atoms with E-state index in [0.717, 1.165) is 5.56 Å². The van der Waals surface area contributed by atoms with Gasteiger partial charge in [0.15, 0.2) is 0 Å². The molecule has 0 spiro atoms. The van der Waals surface area contributed by atoms with Gasteiger partial charge in [0.2, 0.25) is 23.6 Å². The number of ether oxygens (including phenoxy) is 4. The second-order valence-corrected chi connectivity index (χ2v) is 18.7. The third-order valence-corrected chi connectivity index (χ3v) is 12.1. The van der Waals surface area contributed by atoms with E-state index in [1.807, 2.05) is 76.8 Å². The maximum Gasteiger partial charge on any atom is 0.407 e. The van der Waals surface area contributed by atoms with Crippen LogP contribution in [0.25, 0.3) is 0 Å². The lowest BCUT2D eigenvalue weighted by Gasteiger charge is -2.41. The van der Waals surface area contributed by atoms with Crippen LogP contribution in [0.5, 0.6) is 0 Å². The third-order valence-electron chi connectivity index (χ3n) is 12.1. The maximum atomic E-state index is 14.5. The minimum atomic E-state index is -0.910. The van der Waals surface area contributed by atoms with Crippen LogP contribution in [-0.4, -0.2) is 153 Å². The topological polar surface area (TPSA) is 185 Å². The second kappa shape index (κ2) is 25.9. The fourth-order valence-electron chi connectivity index (χ4n) is 8.57. The molecule has 16 nitrogen and oxygen atoms in total. The van der Waals surface area contributed by atoms with Gasteiger partial charge < -0.3 is 44.7 Å². The van der Waals surface area contributed by atoms with Crippen LogP contribution in [0.2, 0.25) is 0 Å². The number of nitrogens with one attached hydrogen (secondary N) is 3. The van der Waals surface area contributed by atoms with Gasteiger partial charge in [-0.3, -0.25) is 24.1 Å². The summed E-state index contributed by atoms with van der Waals surface area (Å²) in [6.45, 7) is 19.8. The van der Waals surface area contributed by atoms with E-state index in [4.69, 9.17) is 18.9 Å². The molecule has 0 bridgehead atoms. The highest BCUT2D eigenvalue weighted by atomic mass is 16.6. The second-order valence-electron chi connectivity index (χ2n) is 18.7. The van der Waals surface area contributed by atoms with Crippen molar-refractivity contribution >= 4 is 35.7 Å². The summed E-state index contributed by atoms with van der Waals surface area (Å²) in [5.41, 5.74) is 0.227. The quantitative estimate of drug-likeness (QED) is 0.125. The Balaban J connectivity index is 2.26. The molecule has 0 radical (unpaired) electrons. The molecule has 1 fully saturated rings. The molecule has 3 N–H and O–H groups in total. The van der Waals surface area contributed by atoms with Crippen LogP contribution >= 0.6 is 0 Å². The standard InChI is InChI=1S/C47H80N6O10/c1-16-31(6)40(52(12)44(57)38(29(2)3)50-43(56)39(30(4)5)51(11)26-24-48-46(59)63-47(8,9)10)36(60-13)28-37(54)53-25-20-23-35(53)41(61-14)32(7)42(55)49-34(45(58)62-15)27-33-21-18-17-19-22-33/h17-19,21-22,29-32,34-36,38-41H,16,20,23-28H2,1-15H3,(H,48,59)(H,49,55)(H,50,56). The van der Waals surface area contributed by atoms with Crippen LogP contribution in [0.3, 0.4) is 0 Å². The molecular weight excluding hydrogens is 809 g/mol. The number of likely N-dealkylation sites (N-methyl/N-ethyl adjacent to an activating group) is 2. The molecule has 1 aromatic rings. The summed E-state index contributed by atoms with van der Waals surface area (Å²) in [5.74, 6) is -2.96. The van der Waals surface area contributed by atoms with E-state index in [-0.39, 0.29) is 54.9 Å². The summed E-state index contributed by atoms with van der Waals surface area (Å²) in [7, 11) is 7.84. The Morgan fingerprint density at radius 1 is 0.873 bits per heavy atom. The summed E-state index contributed by atoms with van der Waals surface area (Å²) < 4.78 is 22.4. The smallest absolute Gasteiger partial charge is 0.407 e. The van der Waals surface area contributed by atoms with Crippen LogP contribution < -0.4 is 16.0 Å². The van der Waals surface area contributed by atoms with E-state index in [9.17, 15) is 28.8 Å². The lowest BCUT2D eigenvalue weighted by molar-refractivity contribution is -0.149. The Labute approximate surface area is 377 Å². The van der Waals surface area contributed by atoms with Crippen LogP contribution in [0, 0.1) is 23.7 Å². The Hall–Kier alpha value is -4.28. The predicted molar refractivity (Wildman–Crippen MR) is 242 cm³/mol. The number of hydrogen-bond acceptors (Lipinski definition) is 11. The van der Waals surface area contributed by atoms with Crippen molar-refractivity contribution in [3.8, 4) is 0 Å². The number of rotatable bonds is 24. The number of methoxy groups -OCH3 is 3. The maximum absolute atomic E-state index is 14.5. The molecule has 0 saturated carbocycles. The van der Waals surface area contributed by atoms with Crippen LogP contribution in [-0.2, 0) is 49.3 Å². The molecule has 9 atom stereocenters. The van der Waals surface area contributed by atoms with E-state index in [2.05, 4.69) is 16.0 Å². The highest BCUT2D eigenvalue weighted by Gasteiger charge is 2.43. The van der Waals surface area contributed by atoms with E-state index in [1.165, 1.54) is 21.3 Å². The van der Waals surface area contributed by atoms with Crippen molar-refractivity contribution in [1.82, 2.24) is 30.7 Å². The summed E-state index contributed by atoms with van der Waals surface area (Å²) in [6, 6.07) is 6.02. The fourth-order valence-corrected chi connectivity index (χ4v) is 8.57. The normalized spacial score (nSPS) is 18.1. The van der Waals surface area contributed by atoms with Crippen LogP contribution in [0.1, 0.15) is 100 Å². The molecule has 1 aliphatic heterocycles. The van der Waals surface area contributed by atoms with Crippen molar-refractivity contribution in [1.29, 1.82) is 0 Å². The molecule has 1 saturated heterocycles. The zero-order chi connectivity index (χ0) is 47.8. The molecule has 1 aromatic carbocycles. The van der Waals surface area contributed by atoms with Crippen LogP contribution in [0.4, 0.5) is 4.79 Å². The zero-order valence-electron chi connectivity index (χ0n) is 40.8. The number of amides is 5. The largest absolute Gasteiger partial charge is 0.467 e. The van der Waals surface area contributed by atoms with Crippen LogP contribution in [0.15, 0.2) is 30.3 Å². The number of alkyl carbamates (subject to hydrolysis) is 1. The Kier molecular flexibility index (Phi) is 22.5. The number of benzene rings is 1. The molecule has 9 unspecified atom stereocenters. The van der Waals surface area contributed by atoms with Crippen molar-refractivity contribution in [3.63, 3.8) is 0 Å². The number of likely N-dealkylation sites (tertiary alicyclic amines) is 1. The number of esters is 1. The molecule has 16 heteroatoms. The number of nitrogens with zero attached hydrogens (tertiary/aromatic N) is 3. The average Bonchev–Trinajstić information content (AvgIpc) is 3.71. The molecule has 1 aliphatic rings. The summed E-state index contributed by atoms with van der Waals surface area (Å²) in [4.78, 5) is 86.8. The number of hydrogen-bond donors (Lipinski definition) is 3. The number of carbonyl (C=O) groups excluding carboxylic acids is 6. The van der Waals surface area contributed by atoms with E-state index >= 15 is 0 Å². The van der Waals surface area contributed by atoms with Gasteiger partial charge in [0.1, 0.15) is 17.7 Å². The SMILES string of the molecule is CCC(C)C(C(CC(=O)N1CCCC1C(OC)C(C)C(=O)NC(Cc1ccccc1)C(=O)OC)OC)N(C)C(=O)C(NC(=O)C(C(C)C)N(C)CCNC(=O)OC(C)(C)C)C(C)C. The molecule has 0 aliphatic carbocycles. The lowest BCUT2D eigenvalue weighted by Crippen LogP contribution is -2.60. The van der Waals surface area contributed by atoms with Gasteiger partial charge >= 0.3 is 12.1 Å². The van der Waals surface area contributed by atoms with Crippen molar-refractivity contribution in [3.05, 3.63) is 35.9 Å². The van der Waals surface area contributed by atoms with Crippen molar-refractivity contribution in [2.24, 2.45) is 23.7 Å². The van der Waals surface area contributed by atoms with Gasteiger partial charge in [-0.15, -0.1) is 0 Å². The molecule has 1 heterocycles. The molecule has 358 valence electrons. The Morgan fingerprint density at radius 2 is 1.51 bits per heavy atom.